The fourth-order valence-corrected chi connectivity index (χ4v) is 2.61. The van der Waals surface area contributed by atoms with Crippen LogP contribution >= 0.6 is 0 Å². The van der Waals surface area contributed by atoms with Gasteiger partial charge in [0.25, 0.3) is 5.56 Å². The van der Waals surface area contributed by atoms with Gasteiger partial charge in [0, 0.05) is 6.42 Å². The van der Waals surface area contributed by atoms with Crippen LogP contribution in [0.15, 0.2) is 9.59 Å². The summed E-state index contributed by atoms with van der Waals surface area (Å²) in [6.07, 6.45) is 4.25. The highest BCUT2D eigenvalue weighted by molar-refractivity contribution is 5.68. The van der Waals surface area contributed by atoms with Gasteiger partial charge in [0.1, 0.15) is 11.3 Å². The van der Waals surface area contributed by atoms with Crippen LogP contribution in [0.1, 0.15) is 25.1 Å². The largest absolute Gasteiger partial charge is 0.336 e. The Morgan fingerprint density at radius 2 is 1.89 bits per heavy atom. The number of aromatic amines is 3. The molecule has 0 bridgehead atoms. The fourth-order valence-electron chi connectivity index (χ4n) is 2.61. The molecule has 7 heteroatoms. The van der Waals surface area contributed by atoms with Gasteiger partial charge < -0.3 is 10.3 Å². The minimum absolute atomic E-state index is 0.342. The van der Waals surface area contributed by atoms with Crippen LogP contribution in [-0.4, -0.2) is 33.0 Å². The molecular weight excluding hydrogens is 246 g/mol. The van der Waals surface area contributed by atoms with Crippen molar-refractivity contribution in [3.63, 3.8) is 0 Å². The highest BCUT2D eigenvalue weighted by atomic mass is 16.2. The molecule has 3 rings (SSSR count). The molecule has 4 N–H and O–H groups in total. The number of aryl methyl sites for hydroxylation is 1. The van der Waals surface area contributed by atoms with E-state index in [2.05, 4.69) is 25.3 Å². The summed E-state index contributed by atoms with van der Waals surface area (Å²) in [4.78, 5) is 34.7. The van der Waals surface area contributed by atoms with Crippen molar-refractivity contribution in [3.8, 4) is 0 Å². The lowest BCUT2D eigenvalue weighted by molar-refractivity contribution is 0.352. The van der Waals surface area contributed by atoms with Gasteiger partial charge in [-0.25, -0.2) is 9.78 Å². The third-order valence-electron chi connectivity index (χ3n) is 3.69. The third kappa shape index (κ3) is 2.60. The smallest absolute Gasteiger partial charge is 0.327 e. The van der Waals surface area contributed by atoms with Gasteiger partial charge in [-0.2, -0.15) is 0 Å². The molecule has 0 aliphatic carbocycles. The first kappa shape index (κ1) is 12.2. The van der Waals surface area contributed by atoms with E-state index >= 15 is 0 Å². The summed E-state index contributed by atoms with van der Waals surface area (Å²) >= 11 is 0. The van der Waals surface area contributed by atoms with E-state index in [-0.39, 0.29) is 0 Å². The third-order valence-corrected chi connectivity index (χ3v) is 3.69. The molecule has 0 radical (unpaired) electrons. The second-order valence-corrected chi connectivity index (χ2v) is 5.05. The summed E-state index contributed by atoms with van der Waals surface area (Å²) < 4.78 is 0. The Kier molecular flexibility index (Phi) is 3.20. The van der Waals surface area contributed by atoms with Gasteiger partial charge in [-0.3, -0.25) is 14.8 Å². The normalized spacial score (nSPS) is 17.1. The Morgan fingerprint density at radius 3 is 2.68 bits per heavy atom. The van der Waals surface area contributed by atoms with Crippen molar-refractivity contribution >= 4 is 11.2 Å². The number of H-pyrrole nitrogens is 3. The summed E-state index contributed by atoms with van der Waals surface area (Å²) in [7, 11) is 0. The van der Waals surface area contributed by atoms with Crippen molar-refractivity contribution in [3.05, 3.63) is 26.7 Å². The molecule has 3 heterocycles. The van der Waals surface area contributed by atoms with E-state index in [0.717, 1.165) is 31.8 Å². The number of hydrogen-bond donors (Lipinski definition) is 4. The summed E-state index contributed by atoms with van der Waals surface area (Å²) in [5.41, 5.74) is -0.248. The van der Waals surface area contributed by atoms with Crippen LogP contribution in [0.5, 0.6) is 0 Å². The molecule has 1 saturated heterocycles. The van der Waals surface area contributed by atoms with Gasteiger partial charge in [0.05, 0.1) is 0 Å². The average molecular weight is 263 g/mol. The number of imidazole rings is 1. The molecule has 102 valence electrons. The highest BCUT2D eigenvalue weighted by Crippen LogP contribution is 2.18. The van der Waals surface area contributed by atoms with E-state index in [1.54, 1.807) is 0 Å². The van der Waals surface area contributed by atoms with Crippen molar-refractivity contribution in [2.24, 2.45) is 5.92 Å². The molecule has 0 spiro atoms. The monoisotopic (exact) mass is 263 g/mol. The van der Waals surface area contributed by atoms with Gasteiger partial charge in [-0.1, -0.05) is 0 Å². The lowest BCUT2D eigenvalue weighted by Crippen LogP contribution is -2.27. The zero-order chi connectivity index (χ0) is 13.2. The van der Waals surface area contributed by atoms with Crippen molar-refractivity contribution < 1.29 is 0 Å². The van der Waals surface area contributed by atoms with Crippen molar-refractivity contribution in [1.29, 1.82) is 0 Å². The number of hydrogen-bond acceptors (Lipinski definition) is 4. The summed E-state index contributed by atoms with van der Waals surface area (Å²) in [6, 6.07) is 0. The predicted molar refractivity (Wildman–Crippen MR) is 71.2 cm³/mol. The lowest BCUT2D eigenvalue weighted by atomic mass is 9.93. The Balaban J connectivity index is 1.76. The van der Waals surface area contributed by atoms with Crippen LogP contribution in [0, 0.1) is 5.92 Å². The van der Waals surface area contributed by atoms with Crippen LogP contribution in [0.2, 0.25) is 0 Å². The van der Waals surface area contributed by atoms with E-state index in [0.29, 0.717) is 17.1 Å². The highest BCUT2D eigenvalue weighted by Gasteiger charge is 2.14. The van der Waals surface area contributed by atoms with Crippen LogP contribution in [-0.2, 0) is 6.42 Å². The first-order valence-electron chi connectivity index (χ1n) is 6.64. The molecule has 1 aliphatic heterocycles. The van der Waals surface area contributed by atoms with Crippen molar-refractivity contribution in [2.75, 3.05) is 13.1 Å². The number of piperidine rings is 1. The maximum atomic E-state index is 11.6. The zero-order valence-corrected chi connectivity index (χ0v) is 10.6. The quantitative estimate of drug-likeness (QED) is 0.619. The van der Waals surface area contributed by atoms with E-state index in [1.165, 1.54) is 12.8 Å². The molecule has 0 amide bonds. The molecule has 1 aliphatic rings. The van der Waals surface area contributed by atoms with Gasteiger partial charge in [0.15, 0.2) is 5.65 Å². The lowest BCUT2D eigenvalue weighted by Gasteiger charge is -2.21. The maximum absolute atomic E-state index is 11.6. The number of rotatable bonds is 3. The molecule has 1 fully saturated rings. The van der Waals surface area contributed by atoms with E-state index in [9.17, 15) is 9.59 Å². The number of aromatic nitrogens is 4. The zero-order valence-electron chi connectivity index (χ0n) is 10.6. The molecule has 7 nitrogen and oxygen atoms in total. The van der Waals surface area contributed by atoms with Crippen molar-refractivity contribution in [1.82, 2.24) is 25.3 Å². The molecule has 0 atom stereocenters. The first-order valence-corrected chi connectivity index (χ1v) is 6.64. The molecule has 0 saturated carbocycles. The Hall–Kier alpha value is -1.89. The minimum atomic E-state index is -0.520. The summed E-state index contributed by atoms with van der Waals surface area (Å²) in [6.45, 7) is 2.16. The van der Waals surface area contributed by atoms with E-state index in [1.807, 2.05) is 0 Å². The SMILES string of the molecule is O=c1[nH]c(=O)c2[nH]c(CCC3CCNCC3)nc2[nH]1. The van der Waals surface area contributed by atoms with Crippen LogP contribution in [0.4, 0.5) is 0 Å². The summed E-state index contributed by atoms with van der Waals surface area (Å²) in [5.74, 6) is 1.48. The minimum Gasteiger partial charge on any atom is -0.336 e. The molecule has 0 unspecified atom stereocenters. The maximum Gasteiger partial charge on any atom is 0.327 e. The molecule has 0 aromatic carbocycles. The second kappa shape index (κ2) is 5.00. The molecule has 2 aromatic rings. The average Bonchev–Trinajstić information content (AvgIpc) is 2.81. The number of nitrogens with one attached hydrogen (secondary N) is 4. The fraction of sp³-hybridized carbons (Fsp3) is 0.583. The van der Waals surface area contributed by atoms with Crippen LogP contribution in [0.25, 0.3) is 11.2 Å². The molecule has 19 heavy (non-hydrogen) atoms. The molecular formula is C12H17N5O2. The number of nitrogens with zero attached hydrogens (tertiary/aromatic N) is 1. The second-order valence-electron chi connectivity index (χ2n) is 5.05. The predicted octanol–water partition coefficient (Wildman–Crippen LogP) is -0.128. The molecule has 2 aromatic heterocycles. The van der Waals surface area contributed by atoms with Crippen LogP contribution in [0.3, 0.4) is 0 Å². The standard InChI is InChI=1S/C12H17N5O2/c18-11-9-10(16-12(19)17-11)15-8(14-9)2-1-7-3-5-13-6-4-7/h7,13H,1-6H2,(H3,14,15,16,17,18,19). The van der Waals surface area contributed by atoms with Gasteiger partial charge >= 0.3 is 5.69 Å². The van der Waals surface area contributed by atoms with Gasteiger partial charge in [-0.05, 0) is 38.3 Å². The van der Waals surface area contributed by atoms with Crippen molar-refractivity contribution in [2.45, 2.75) is 25.7 Å². The summed E-state index contributed by atoms with van der Waals surface area (Å²) in [5, 5.41) is 3.34. The van der Waals surface area contributed by atoms with Gasteiger partial charge in [0.2, 0.25) is 0 Å². The Morgan fingerprint density at radius 1 is 1.11 bits per heavy atom. The van der Waals surface area contributed by atoms with Gasteiger partial charge in [-0.15, -0.1) is 0 Å². The topological polar surface area (TPSA) is 106 Å². The Bertz CT molecular complexity index is 677. The van der Waals surface area contributed by atoms with E-state index in [4.69, 9.17) is 0 Å². The first-order chi connectivity index (χ1) is 9.22. The number of fused-ring (bicyclic) bond motifs is 1. The van der Waals surface area contributed by atoms with E-state index < -0.39 is 11.2 Å². The Labute approximate surface area is 108 Å². The van der Waals surface area contributed by atoms with Crippen LogP contribution < -0.4 is 16.6 Å².